The van der Waals surface area contributed by atoms with Gasteiger partial charge >= 0.3 is 0 Å². The van der Waals surface area contributed by atoms with Gasteiger partial charge in [-0.05, 0) is 12.1 Å². The van der Waals surface area contributed by atoms with E-state index in [-0.39, 0.29) is 5.84 Å². The maximum Gasteiger partial charge on any atom is 0.182 e. The molecule has 0 aliphatic heterocycles. The first-order chi connectivity index (χ1) is 5.24. The molecule has 3 nitrogen and oxygen atoms in total. The Morgan fingerprint density at radius 1 is 1.73 bits per heavy atom. The van der Waals surface area contributed by atoms with Gasteiger partial charge in [0.2, 0.25) is 0 Å². The molecule has 0 aliphatic rings. The fourth-order valence-corrected chi connectivity index (χ4v) is 1.51. The largest absolute Gasteiger partial charge is 0.283 e. The predicted octanol–water partition coefficient (Wildman–Crippen LogP) is 1.80. The number of hydrogen-bond donors (Lipinski definition) is 2. The smallest absolute Gasteiger partial charge is 0.182 e. The van der Waals surface area contributed by atoms with Crippen LogP contribution in [-0.4, -0.2) is 5.84 Å². The lowest BCUT2D eigenvalue weighted by atomic mass is 10.4. The minimum Gasteiger partial charge on any atom is -0.283 e. The summed E-state index contributed by atoms with van der Waals surface area (Å²) in [5.74, 6) is 0.0874. The molecule has 0 bridgehead atoms. The normalized spacial score (nSPS) is 8.73. The molecular formula is C6H4ClN3S. The van der Waals surface area contributed by atoms with Crippen molar-refractivity contribution in [3.05, 3.63) is 21.3 Å². The number of thiophene rings is 1. The Morgan fingerprint density at radius 3 is 2.91 bits per heavy atom. The molecule has 0 fully saturated rings. The maximum absolute atomic E-state index is 8.17. The van der Waals surface area contributed by atoms with E-state index in [2.05, 4.69) is 5.32 Å². The van der Waals surface area contributed by atoms with Crippen molar-refractivity contribution in [1.29, 1.82) is 10.7 Å². The number of nitrogens with one attached hydrogen (secondary N) is 2. The first-order valence-electron chi connectivity index (χ1n) is 2.73. The van der Waals surface area contributed by atoms with Gasteiger partial charge in [0.1, 0.15) is 5.84 Å². The second-order valence-corrected chi connectivity index (χ2v) is 3.43. The van der Waals surface area contributed by atoms with Crippen LogP contribution >= 0.6 is 22.9 Å². The van der Waals surface area contributed by atoms with Crippen molar-refractivity contribution in [1.82, 2.24) is 5.32 Å². The molecule has 1 rings (SSSR count). The molecule has 0 saturated heterocycles. The fraction of sp³-hybridized carbons (Fsp3) is 0. The molecule has 0 aliphatic carbocycles. The summed E-state index contributed by atoms with van der Waals surface area (Å²) in [4.78, 5) is 0.663. The topological polar surface area (TPSA) is 59.7 Å². The van der Waals surface area contributed by atoms with E-state index in [1.165, 1.54) is 11.3 Å². The molecule has 0 unspecified atom stereocenters. The number of nitrogens with zero attached hydrogens (tertiary/aromatic N) is 1. The molecule has 56 valence electrons. The number of rotatable bonds is 1. The van der Waals surface area contributed by atoms with E-state index in [0.717, 1.165) is 0 Å². The molecule has 0 amide bonds. The fourth-order valence-electron chi connectivity index (χ4n) is 0.566. The van der Waals surface area contributed by atoms with Gasteiger partial charge in [0.25, 0.3) is 0 Å². The highest BCUT2D eigenvalue weighted by Crippen LogP contribution is 2.20. The van der Waals surface area contributed by atoms with Crippen molar-refractivity contribution in [2.75, 3.05) is 0 Å². The molecule has 0 spiro atoms. The summed E-state index contributed by atoms with van der Waals surface area (Å²) < 4.78 is 0.615. The van der Waals surface area contributed by atoms with E-state index in [1.54, 1.807) is 18.3 Å². The average molecular weight is 186 g/mol. The van der Waals surface area contributed by atoms with Gasteiger partial charge in [-0.25, -0.2) is 0 Å². The zero-order valence-electron chi connectivity index (χ0n) is 5.39. The van der Waals surface area contributed by atoms with E-state index in [9.17, 15) is 0 Å². The van der Waals surface area contributed by atoms with Crippen molar-refractivity contribution in [3.8, 4) is 6.19 Å². The lowest BCUT2D eigenvalue weighted by Gasteiger charge is -1.92. The maximum atomic E-state index is 8.17. The monoisotopic (exact) mass is 185 g/mol. The lowest BCUT2D eigenvalue weighted by molar-refractivity contribution is 1.23. The number of amidine groups is 1. The van der Waals surface area contributed by atoms with Gasteiger partial charge in [-0.2, -0.15) is 5.26 Å². The van der Waals surface area contributed by atoms with Crippen molar-refractivity contribution in [2.45, 2.75) is 0 Å². The van der Waals surface area contributed by atoms with Crippen molar-refractivity contribution in [3.63, 3.8) is 0 Å². The highest BCUT2D eigenvalue weighted by molar-refractivity contribution is 7.18. The summed E-state index contributed by atoms with van der Waals surface area (Å²) in [5, 5.41) is 17.7. The van der Waals surface area contributed by atoms with Gasteiger partial charge in [-0.3, -0.25) is 10.7 Å². The molecule has 0 atom stereocenters. The number of hydrogen-bond acceptors (Lipinski definition) is 3. The molecule has 5 heteroatoms. The summed E-state index contributed by atoms with van der Waals surface area (Å²) >= 11 is 6.88. The summed E-state index contributed by atoms with van der Waals surface area (Å²) in [6, 6.07) is 3.38. The first kappa shape index (κ1) is 8.05. The third-order valence-corrected chi connectivity index (χ3v) is 2.25. The molecule has 1 aromatic heterocycles. The third-order valence-electron chi connectivity index (χ3n) is 1.00. The standard InChI is InChI=1S/C6H4ClN3S/c7-5-2-1-4(11-5)6(9)10-3-8/h1-2H,(H2,9,10). The van der Waals surface area contributed by atoms with Crippen LogP contribution in [0.1, 0.15) is 4.88 Å². The summed E-state index contributed by atoms with van der Waals surface area (Å²) in [6.45, 7) is 0. The molecule has 1 heterocycles. The van der Waals surface area contributed by atoms with Gasteiger partial charge in [0, 0.05) is 0 Å². The Bertz CT molecular complexity index is 312. The van der Waals surface area contributed by atoms with Gasteiger partial charge < -0.3 is 0 Å². The summed E-state index contributed by atoms with van der Waals surface area (Å²) in [7, 11) is 0. The summed E-state index contributed by atoms with van der Waals surface area (Å²) in [5.41, 5.74) is 0. The van der Waals surface area contributed by atoms with Crippen molar-refractivity contribution < 1.29 is 0 Å². The van der Waals surface area contributed by atoms with Gasteiger partial charge in [-0.1, -0.05) is 11.6 Å². The lowest BCUT2D eigenvalue weighted by Crippen LogP contribution is -2.15. The third kappa shape index (κ3) is 1.93. The van der Waals surface area contributed by atoms with E-state index in [0.29, 0.717) is 9.21 Å². The van der Waals surface area contributed by atoms with Crippen LogP contribution < -0.4 is 5.32 Å². The quantitative estimate of drug-likeness (QED) is 0.303. The van der Waals surface area contributed by atoms with Crippen LogP contribution in [0.25, 0.3) is 0 Å². The van der Waals surface area contributed by atoms with Crippen LogP contribution in [0.4, 0.5) is 0 Å². The Kier molecular flexibility index (Phi) is 2.47. The minimum atomic E-state index is 0.0874. The van der Waals surface area contributed by atoms with Crippen LogP contribution in [0, 0.1) is 16.9 Å². The molecule has 0 aromatic carbocycles. The Hall–Kier alpha value is -1.05. The second kappa shape index (κ2) is 3.37. The second-order valence-electron chi connectivity index (χ2n) is 1.72. The van der Waals surface area contributed by atoms with Crippen LogP contribution in [0.3, 0.4) is 0 Å². The zero-order valence-corrected chi connectivity index (χ0v) is 6.96. The van der Waals surface area contributed by atoms with Gasteiger partial charge in [0.15, 0.2) is 6.19 Å². The SMILES string of the molecule is N#CNC(=N)c1ccc(Cl)s1. The van der Waals surface area contributed by atoms with Crippen LogP contribution in [0.5, 0.6) is 0 Å². The van der Waals surface area contributed by atoms with E-state index in [4.69, 9.17) is 22.3 Å². The molecule has 11 heavy (non-hydrogen) atoms. The van der Waals surface area contributed by atoms with Crippen LogP contribution in [-0.2, 0) is 0 Å². The van der Waals surface area contributed by atoms with Crippen molar-refractivity contribution in [2.24, 2.45) is 0 Å². The molecule has 0 radical (unpaired) electrons. The Morgan fingerprint density at radius 2 is 2.45 bits per heavy atom. The molecule has 0 saturated carbocycles. The number of nitriles is 1. The molecular weight excluding hydrogens is 182 g/mol. The first-order valence-corrected chi connectivity index (χ1v) is 3.93. The highest BCUT2D eigenvalue weighted by Gasteiger charge is 2.02. The highest BCUT2D eigenvalue weighted by atomic mass is 35.5. The van der Waals surface area contributed by atoms with E-state index < -0.39 is 0 Å². The van der Waals surface area contributed by atoms with Crippen LogP contribution in [0.2, 0.25) is 4.34 Å². The minimum absolute atomic E-state index is 0.0874. The van der Waals surface area contributed by atoms with Crippen LogP contribution in [0.15, 0.2) is 12.1 Å². The van der Waals surface area contributed by atoms with Gasteiger partial charge in [-0.15, -0.1) is 11.3 Å². The molecule has 2 N–H and O–H groups in total. The summed E-state index contributed by atoms with van der Waals surface area (Å²) in [6.07, 6.45) is 1.66. The van der Waals surface area contributed by atoms with E-state index >= 15 is 0 Å². The van der Waals surface area contributed by atoms with Crippen molar-refractivity contribution >= 4 is 28.8 Å². The Labute approximate surface area is 72.7 Å². The average Bonchev–Trinajstić information content (AvgIpc) is 2.36. The van der Waals surface area contributed by atoms with Gasteiger partial charge in [0.05, 0.1) is 9.21 Å². The van der Waals surface area contributed by atoms with E-state index in [1.807, 2.05) is 0 Å². The molecule has 1 aromatic rings. The zero-order chi connectivity index (χ0) is 8.27. The predicted molar refractivity (Wildman–Crippen MR) is 44.9 cm³/mol. The Balaban J connectivity index is 2.78. The number of halogens is 1.